The maximum absolute atomic E-state index is 13.1. The molecule has 2 unspecified atom stereocenters. The van der Waals surface area contributed by atoms with Crippen LogP contribution in [0.15, 0.2) is 121 Å². The first-order chi connectivity index (χ1) is 22.0. The van der Waals surface area contributed by atoms with Gasteiger partial charge in [-0.25, -0.2) is 0 Å². The van der Waals surface area contributed by atoms with Crippen LogP contribution in [0.3, 0.4) is 0 Å². The maximum atomic E-state index is 13.1. The van der Waals surface area contributed by atoms with Crippen molar-refractivity contribution in [3.8, 4) is 0 Å². The minimum Gasteiger partial charge on any atom is -0.366 e. The van der Waals surface area contributed by atoms with Crippen molar-refractivity contribution >= 4 is 17.6 Å². The van der Waals surface area contributed by atoms with Gasteiger partial charge in [0.25, 0.3) is 0 Å². The minimum absolute atomic E-state index is 0.0213. The zero-order chi connectivity index (χ0) is 31.7. The summed E-state index contributed by atoms with van der Waals surface area (Å²) in [5, 5.41) is 5.83. The van der Waals surface area contributed by atoms with Crippen LogP contribution in [-0.4, -0.2) is 36.8 Å². The van der Waals surface area contributed by atoms with Gasteiger partial charge in [-0.05, 0) is 47.4 Å². The summed E-state index contributed by atoms with van der Waals surface area (Å²) in [5.41, 5.74) is 4.34. The van der Waals surface area contributed by atoms with E-state index in [-0.39, 0.29) is 42.4 Å². The van der Waals surface area contributed by atoms with E-state index >= 15 is 0 Å². The first kappa shape index (κ1) is 33.3. The van der Waals surface area contributed by atoms with Gasteiger partial charge in [0.15, 0.2) is 5.78 Å². The Bertz CT molecular complexity index is 1360. The lowest BCUT2D eigenvalue weighted by Gasteiger charge is -2.19. The molecule has 0 radical (unpaired) electrons. The predicted octanol–water partition coefficient (Wildman–Crippen LogP) is 6.64. The lowest BCUT2D eigenvalue weighted by atomic mass is 9.88. The highest BCUT2D eigenvalue weighted by Gasteiger charge is 2.21. The van der Waals surface area contributed by atoms with Gasteiger partial charge in [-0.15, -0.1) is 0 Å². The van der Waals surface area contributed by atoms with E-state index < -0.39 is 6.10 Å². The van der Waals surface area contributed by atoms with Crippen LogP contribution < -0.4 is 10.6 Å². The summed E-state index contributed by atoms with van der Waals surface area (Å²) >= 11 is 0. The molecule has 2 N–H and O–H groups in total. The number of aryl methyl sites for hydroxylation is 1. The van der Waals surface area contributed by atoms with Gasteiger partial charge in [0.05, 0.1) is 13.2 Å². The molecule has 0 aliphatic carbocycles. The van der Waals surface area contributed by atoms with E-state index in [2.05, 4.69) is 34.9 Å². The molecule has 45 heavy (non-hydrogen) atoms. The quantitative estimate of drug-likeness (QED) is 0.133. The maximum Gasteiger partial charge on any atom is 0.220 e. The number of ketones is 1. The molecule has 6 nitrogen and oxygen atoms in total. The Morgan fingerprint density at radius 2 is 1.13 bits per heavy atom. The van der Waals surface area contributed by atoms with Crippen LogP contribution in [0.25, 0.3) is 0 Å². The van der Waals surface area contributed by atoms with E-state index in [9.17, 15) is 14.4 Å². The zero-order valence-electron chi connectivity index (χ0n) is 26.1. The average molecular weight is 605 g/mol. The van der Waals surface area contributed by atoms with Crippen molar-refractivity contribution in [2.45, 2.75) is 57.7 Å². The molecule has 234 valence electrons. The van der Waals surface area contributed by atoms with Crippen molar-refractivity contribution in [3.63, 3.8) is 0 Å². The van der Waals surface area contributed by atoms with Gasteiger partial charge in [0.2, 0.25) is 11.8 Å². The number of nitrogens with one attached hydrogen (secondary N) is 2. The van der Waals surface area contributed by atoms with Crippen LogP contribution in [-0.2, 0) is 32.1 Å². The monoisotopic (exact) mass is 604 g/mol. The summed E-state index contributed by atoms with van der Waals surface area (Å²) in [7, 11) is 0. The fourth-order valence-electron chi connectivity index (χ4n) is 5.36. The van der Waals surface area contributed by atoms with Crippen LogP contribution in [0.4, 0.5) is 0 Å². The number of hydrogen-bond donors (Lipinski definition) is 2. The van der Waals surface area contributed by atoms with Crippen molar-refractivity contribution in [1.29, 1.82) is 0 Å². The number of benzene rings is 4. The van der Waals surface area contributed by atoms with Crippen molar-refractivity contribution in [2.75, 3.05) is 13.1 Å². The van der Waals surface area contributed by atoms with Crippen LogP contribution in [0.1, 0.15) is 60.8 Å². The Morgan fingerprint density at radius 1 is 0.622 bits per heavy atom. The summed E-state index contributed by atoms with van der Waals surface area (Å²) in [4.78, 5) is 38.7. The van der Waals surface area contributed by atoms with Crippen LogP contribution in [0, 0.1) is 5.92 Å². The normalized spacial score (nSPS) is 12.3. The smallest absolute Gasteiger partial charge is 0.220 e. The van der Waals surface area contributed by atoms with Gasteiger partial charge < -0.3 is 15.4 Å². The number of carbonyl (C=O) groups excluding carboxylic acids is 3. The number of rotatable bonds is 18. The summed E-state index contributed by atoms with van der Waals surface area (Å²) in [6.07, 6.45) is 1.92. The van der Waals surface area contributed by atoms with Crippen molar-refractivity contribution in [1.82, 2.24) is 10.6 Å². The zero-order valence-corrected chi connectivity index (χ0v) is 26.1. The first-order valence-corrected chi connectivity index (χ1v) is 15.8. The fraction of sp³-hybridized carbons (Fsp3) is 0.308. The molecule has 0 aliphatic heterocycles. The minimum atomic E-state index is -0.617. The second-order valence-electron chi connectivity index (χ2n) is 11.6. The predicted molar refractivity (Wildman–Crippen MR) is 179 cm³/mol. The van der Waals surface area contributed by atoms with E-state index in [0.717, 1.165) is 22.3 Å². The number of amides is 2. The number of ether oxygens (including phenoxy) is 1. The van der Waals surface area contributed by atoms with Crippen molar-refractivity contribution in [2.24, 2.45) is 5.92 Å². The molecule has 2 amide bonds. The summed E-state index contributed by atoms with van der Waals surface area (Å²) < 4.78 is 6.04. The first-order valence-electron chi connectivity index (χ1n) is 15.8. The highest BCUT2D eigenvalue weighted by atomic mass is 16.5. The van der Waals surface area contributed by atoms with Gasteiger partial charge in [-0.3, -0.25) is 14.4 Å². The SMILES string of the molecule is CC(CCNC(=O)CC(c1ccccc1)c1ccccc1)CC(=O)NCC(=O)C(CCc1ccccc1)OCc1ccccc1. The molecular weight excluding hydrogens is 560 g/mol. The van der Waals surface area contributed by atoms with Crippen molar-refractivity contribution < 1.29 is 19.1 Å². The molecule has 6 heteroatoms. The number of carbonyl (C=O) groups is 3. The standard InChI is InChI=1S/C39H44N2O4/c1-30(24-25-40-39(44)27-35(33-18-10-4-11-19-33)34-20-12-5-13-21-34)26-38(43)41-28-36(42)37(23-22-31-14-6-2-7-15-31)45-29-32-16-8-3-9-17-32/h2-21,30,35,37H,22-29H2,1H3,(H,40,44)(H,41,43). The molecule has 4 aromatic carbocycles. The van der Waals surface area contributed by atoms with Gasteiger partial charge in [0, 0.05) is 25.3 Å². The summed E-state index contributed by atoms with van der Waals surface area (Å²) in [5.74, 6) is -0.322. The fourth-order valence-corrected chi connectivity index (χ4v) is 5.36. The van der Waals surface area contributed by atoms with Crippen molar-refractivity contribution in [3.05, 3.63) is 144 Å². The topological polar surface area (TPSA) is 84.5 Å². The van der Waals surface area contributed by atoms with Gasteiger partial charge >= 0.3 is 0 Å². The van der Waals surface area contributed by atoms with Crippen LogP contribution in [0.2, 0.25) is 0 Å². The average Bonchev–Trinajstić information content (AvgIpc) is 3.08. The molecule has 0 heterocycles. The van der Waals surface area contributed by atoms with E-state index in [1.807, 2.05) is 104 Å². The van der Waals surface area contributed by atoms with E-state index in [1.54, 1.807) is 0 Å². The Hall–Kier alpha value is -4.55. The van der Waals surface area contributed by atoms with Crippen LogP contribution >= 0.6 is 0 Å². The lowest BCUT2D eigenvalue weighted by Crippen LogP contribution is -2.37. The largest absolute Gasteiger partial charge is 0.366 e. The van der Waals surface area contributed by atoms with Crippen LogP contribution in [0.5, 0.6) is 0 Å². The molecule has 0 bridgehead atoms. The molecule has 2 atom stereocenters. The Morgan fingerprint density at radius 3 is 1.71 bits per heavy atom. The molecule has 0 aromatic heterocycles. The lowest BCUT2D eigenvalue weighted by molar-refractivity contribution is -0.133. The third-order valence-electron chi connectivity index (χ3n) is 7.94. The van der Waals surface area contributed by atoms with E-state index in [0.29, 0.717) is 38.8 Å². The van der Waals surface area contributed by atoms with E-state index in [1.165, 1.54) is 0 Å². The molecule has 0 saturated carbocycles. The third-order valence-corrected chi connectivity index (χ3v) is 7.94. The second-order valence-corrected chi connectivity index (χ2v) is 11.6. The molecular formula is C39H44N2O4. The second kappa shape index (κ2) is 18.3. The molecule has 4 aromatic rings. The summed E-state index contributed by atoms with van der Waals surface area (Å²) in [6, 6.07) is 39.9. The van der Waals surface area contributed by atoms with Gasteiger partial charge in [-0.2, -0.15) is 0 Å². The Balaban J connectivity index is 1.20. The molecule has 0 saturated heterocycles. The molecule has 0 spiro atoms. The number of hydrogen-bond acceptors (Lipinski definition) is 4. The molecule has 0 aliphatic rings. The number of Topliss-reactive ketones (excluding diaryl/α,β-unsaturated/α-hetero) is 1. The van der Waals surface area contributed by atoms with Gasteiger partial charge in [-0.1, -0.05) is 128 Å². The van der Waals surface area contributed by atoms with E-state index in [4.69, 9.17) is 4.74 Å². The van der Waals surface area contributed by atoms with Gasteiger partial charge in [0.1, 0.15) is 6.10 Å². The Kier molecular flexibility index (Phi) is 13.6. The molecule has 4 rings (SSSR count). The Labute approximate surface area is 267 Å². The third kappa shape index (κ3) is 11.8. The highest BCUT2D eigenvalue weighted by molar-refractivity contribution is 5.89. The summed E-state index contributed by atoms with van der Waals surface area (Å²) in [6.45, 7) is 2.73. The molecule has 0 fully saturated rings. The highest BCUT2D eigenvalue weighted by Crippen LogP contribution is 2.27.